The molecule has 1 aliphatic rings. The quantitative estimate of drug-likeness (QED) is 0.919. The van der Waals surface area contributed by atoms with Crippen LogP contribution in [0.25, 0.3) is 0 Å². The minimum Gasteiger partial charge on any atom is -0.481 e. The van der Waals surface area contributed by atoms with Crippen molar-refractivity contribution >= 4 is 0 Å². The molecule has 3 rings (SSSR count). The summed E-state index contributed by atoms with van der Waals surface area (Å²) in [6.45, 7) is 2.73. The molecular formula is C16H20FN3O. The second-order valence-corrected chi connectivity index (χ2v) is 5.58. The van der Waals surface area contributed by atoms with Gasteiger partial charge in [-0.25, -0.2) is 9.07 Å². The Hall–Kier alpha value is -1.88. The van der Waals surface area contributed by atoms with Gasteiger partial charge in [0.25, 0.3) is 0 Å². The molecule has 0 spiro atoms. The third-order valence-electron chi connectivity index (χ3n) is 4.11. The van der Waals surface area contributed by atoms with Gasteiger partial charge in [0.15, 0.2) is 0 Å². The smallest absolute Gasteiger partial charge is 0.216 e. The van der Waals surface area contributed by atoms with Gasteiger partial charge in [0.1, 0.15) is 5.82 Å². The molecule has 1 fully saturated rings. The standard InChI is InChI=1S/C16H20FN3O/c1-10-14(16(21-3)20(2)19-10)9-18-15-8-13(15)11-4-6-12(17)7-5-11/h4-7,13,15,18H,8-9H2,1-3H3/t13-,15-/m0/s1. The lowest BCUT2D eigenvalue weighted by molar-refractivity contribution is 0.368. The Bertz CT molecular complexity index is 636. The molecule has 0 aliphatic heterocycles. The van der Waals surface area contributed by atoms with Crippen molar-refractivity contribution in [3.8, 4) is 5.88 Å². The Morgan fingerprint density at radius 2 is 2.10 bits per heavy atom. The molecule has 0 radical (unpaired) electrons. The molecule has 112 valence electrons. The van der Waals surface area contributed by atoms with Gasteiger partial charge >= 0.3 is 0 Å². The zero-order chi connectivity index (χ0) is 15.0. The maximum atomic E-state index is 12.9. The summed E-state index contributed by atoms with van der Waals surface area (Å²) >= 11 is 0. The highest BCUT2D eigenvalue weighted by Gasteiger charge is 2.38. The highest BCUT2D eigenvalue weighted by Crippen LogP contribution is 2.41. The highest BCUT2D eigenvalue weighted by atomic mass is 19.1. The van der Waals surface area contributed by atoms with Crippen LogP contribution < -0.4 is 10.1 Å². The summed E-state index contributed by atoms with van der Waals surface area (Å²) in [4.78, 5) is 0. The molecule has 1 saturated carbocycles. The van der Waals surface area contributed by atoms with Crippen LogP contribution >= 0.6 is 0 Å². The maximum absolute atomic E-state index is 12.9. The first kappa shape index (κ1) is 14.1. The first-order valence-corrected chi connectivity index (χ1v) is 7.15. The van der Waals surface area contributed by atoms with Crippen molar-refractivity contribution in [2.45, 2.75) is 31.8 Å². The zero-order valence-corrected chi connectivity index (χ0v) is 12.6. The monoisotopic (exact) mass is 289 g/mol. The highest BCUT2D eigenvalue weighted by molar-refractivity contribution is 5.32. The number of methoxy groups -OCH3 is 1. The molecule has 2 atom stereocenters. The van der Waals surface area contributed by atoms with Crippen molar-refractivity contribution in [3.05, 3.63) is 46.9 Å². The van der Waals surface area contributed by atoms with Gasteiger partial charge in [-0.3, -0.25) is 0 Å². The van der Waals surface area contributed by atoms with Crippen LogP contribution in [0.3, 0.4) is 0 Å². The Balaban J connectivity index is 1.61. The number of ether oxygens (including phenoxy) is 1. The van der Waals surface area contributed by atoms with E-state index in [1.54, 1.807) is 11.8 Å². The molecule has 1 aliphatic carbocycles. The lowest BCUT2D eigenvalue weighted by atomic mass is 10.1. The van der Waals surface area contributed by atoms with E-state index >= 15 is 0 Å². The van der Waals surface area contributed by atoms with Crippen molar-refractivity contribution < 1.29 is 9.13 Å². The van der Waals surface area contributed by atoms with E-state index in [-0.39, 0.29) is 5.82 Å². The SMILES string of the molecule is COc1c(CN[C@H]2C[C@H]2c2ccc(F)cc2)c(C)nn1C. The number of hydrogen-bond donors (Lipinski definition) is 1. The Labute approximate surface area is 123 Å². The average molecular weight is 289 g/mol. The van der Waals surface area contributed by atoms with Crippen LogP contribution in [0.15, 0.2) is 24.3 Å². The lowest BCUT2D eigenvalue weighted by Gasteiger charge is -2.07. The van der Waals surface area contributed by atoms with Crippen LogP contribution in [0.4, 0.5) is 4.39 Å². The van der Waals surface area contributed by atoms with E-state index in [9.17, 15) is 4.39 Å². The fourth-order valence-corrected chi connectivity index (χ4v) is 2.87. The van der Waals surface area contributed by atoms with E-state index in [4.69, 9.17) is 4.74 Å². The molecular weight excluding hydrogens is 269 g/mol. The first-order chi connectivity index (χ1) is 10.1. The van der Waals surface area contributed by atoms with Crippen molar-refractivity contribution in [1.29, 1.82) is 0 Å². The van der Waals surface area contributed by atoms with Gasteiger partial charge in [0, 0.05) is 25.6 Å². The van der Waals surface area contributed by atoms with E-state index in [1.165, 1.54) is 17.7 Å². The number of hydrogen-bond acceptors (Lipinski definition) is 3. The molecule has 5 heteroatoms. The summed E-state index contributed by atoms with van der Waals surface area (Å²) in [5.41, 5.74) is 3.29. The second kappa shape index (κ2) is 5.48. The van der Waals surface area contributed by atoms with Crippen molar-refractivity contribution in [3.63, 3.8) is 0 Å². The van der Waals surface area contributed by atoms with E-state index in [2.05, 4.69) is 10.4 Å². The van der Waals surface area contributed by atoms with Crippen molar-refractivity contribution in [2.24, 2.45) is 7.05 Å². The normalized spacial score (nSPS) is 20.6. The van der Waals surface area contributed by atoms with Crippen LogP contribution in [0.1, 0.15) is 29.2 Å². The molecule has 1 aromatic carbocycles. The number of rotatable bonds is 5. The number of nitrogens with one attached hydrogen (secondary N) is 1. The van der Waals surface area contributed by atoms with E-state index in [0.717, 1.165) is 30.1 Å². The summed E-state index contributed by atoms with van der Waals surface area (Å²) in [5, 5.41) is 7.91. The minimum atomic E-state index is -0.181. The average Bonchev–Trinajstić information content (AvgIpc) is 3.17. The summed E-state index contributed by atoms with van der Waals surface area (Å²) in [6, 6.07) is 7.24. The predicted octanol–water partition coefficient (Wildman–Crippen LogP) is 2.52. The molecule has 1 heterocycles. The fraction of sp³-hybridized carbons (Fsp3) is 0.438. The summed E-state index contributed by atoms with van der Waals surface area (Å²) in [7, 11) is 3.55. The van der Waals surface area contributed by atoms with E-state index in [1.807, 2.05) is 26.1 Å². The number of halogens is 1. The lowest BCUT2D eigenvalue weighted by Crippen LogP contribution is -2.18. The summed E-state index contributed by atoms with van der Waals surface area (Å²) in [6.07, 6.45) is 1.09. The van der Waals surface area contributed by atoms with Gasteiger partial charge in [-0.15, -0.1) is 0 Å². The summed E-state index contributed by atoms with van der Waals surface area (Å²) in [5.74, 6) is 1.10. The van der Waals surface area contributed by atoms with Crippen LogP contribution in [-0.4, -0.2) is 22.9 Å². The topological polar surface area (TPSA) is 39.1 Å². The van der Waals surface area contributed by atoms with Gasteiger partial charge < -0.3 is 10.1 Å². The van der Waals surface area contributed by atoms with Gasteiger partial charge in [-0.05, 0) is 31.0 Å². The second-order valence-electron chi connectivity index (χ2n) is 5.58. The number of benzene rings is 1. The molecule has 4 nitrogen and oxygen atoms in total. The van der Waals surface area contributed by atoms with Gasteiger partial charge in [-0.2, -0.15) is 5.10 Å². The molecule has 0 unspecified atom stereocenters. The Kier molecular flexibility index (Phi) is 3.68. The third kappa shape index (κ3) is 2.78. The van der Waals surface area contributed by atoms with E-state index < -0.39 is 0 Å². The Morgan fingerprint density at radius 3 is 2.76 bits per heavy atom. The van der Waals surface area contributed by atoms with Gasteiger partial charge in [-0.1, -0.05) is 12.1 Å². The fourth-order valence-electron chi connectivity index (χ4n) is 2.87. The van der Waals surface area contributed by atoms with E-state index in [0.29, 0.717) is 12.0 Å². The molecule has 0 saturated heterocycles. The zero-order valence-electron chi connectivity index (χ0n) is 12.6. The summed E-state index contributed by atoms with van der Waals surface area (Å²) < 4.78 is 20.1. The Morgan fingerprint density at radius 1 is 1.38 bits per heavy atom. The van der Waals surface area contributed by atoms with Crippen molar-refractivity contribution in [1.82, 2.24) is 15.1 Å². The molecule has 2 aromatic rings. The largest absolute Gasteiger partial charge is 0.481 e. The number of aryl methyl sites for hydroxylation is 2. The molecule has 1 aromatic heterocycles. The van der Waals surface area contributed by atoms with Gasteiger partial charge in [0.2, 0.25) is 5.88 Å². The van der Waals surface area contributed by atoms with Gasteiger partial charge in [0.05, 0.1) is 18.4 Å². The maximum Gasteiger partial charge on any atom is 0.216 e. The number of nitrogens with zero attached hydrogens (tertiary/aromatic N) is 2. The molecule has 0 amide bonds. The minimum absolute atomic E-state index is 0.181. The molecule has 1 N–H and O–H groups in total. The van der Waals surface area contributed by atoms with Crippen LogP contribution in [0, 0.1) is 12.7 Å². The molecule has 0 bridgehead atoms. The van der Waals surface area contributed by atoms with Crippen LogP contribution in [0.2, 0.25) is 0 Å². The number of aromatic nitrogens is 2. The molecule has 21 heavy (non-hydrogen) atoms. The third-order valence-corrected chi connectivity index (χ3v) is 4.11. The van der Waals surface area contributed by atoms with Crippen LogP contribution in [-0.2, 0) is 13.6 Å². The van der Waals surface area contributed by atoms with Crippen LogP contribution in [0.5, 0.6) is 5.88 Å². The first-order valence-electron chi connectivity index (χ1n) is 7.15. The predicted molar refractivity (Wildman–Crippen MR) is 78.9 cm³/mol. The van der Waals surface area contributed by atoms with Crippen molar-refractivity contribution in [2.75, 3.05) is 7.11 Å².